The molecule has 0 unspecified atom stereocenters. The van der Waals surface area contributed by atoms with E-state index in [9.17, 15) is 4.79 Å². The molecular weight excluding hydrogens is 383 g/mol. The van der Waals surface area contributed by atoms with Gasteiger partial charge in [0, 0.05) is 39.3 Å². The summed E-state index contributed by atoms with van der Waals surface area (Å²) in [5, 5.41) is 1.28. The highest BCUT2D eigenvalue weighted by atomic mass is 35.5. The van der Waals surface area contributed by atoms with Gasteiger partial charge in [-0.05, 0) is 56.7 Å². The lowest BCUT2D eigenvalue weighted by molar-refractivity contribution is 0.158. The number of nitrogens with zero attached hydrogens (tertiary/aromatic N) is 3. The van der Waals surface area contributed by atoms with Gasteiger partial charge in [-0.2, -0.15) is 0 Å². The van der Waals surface area contributed by atoms with Gasteiger partial charge in [0.05, 0.1) is 15.7 Å². The van der Waals surface area contributed by atoms with E-state index in [1.165, 1.54) is 19.3 Å². The van der Waals surface area contributed by atoms with Gasteiger partial charge in [-0.15, -0.1) is 0 Å². The number of urea groups is 1. The van der Waals surface area contributed by atoms with Crippen molar-refractivity contribution in [3.8, 4) is 0 Å². The van der Waals surface area contributed by atoms with Crippen LogP contribution in [0.3, 0.4) is 0 Å². The maximum atomic E-state index is 11.3. The van der Waals surface area contributed by atoms with Crippen molar-refractivity contribution in [3.05, 3.63) is 28.2 Å². The van der Waals surface area contributed by atoms with Crippen LogP contribution in [0.4, 0.5) is 10.5 Å². The van der Waals surface area contributed by atoms with Gasteiger partial charge in [0.2, 0.25) is 0 Å². The monoisotopic (exact) mass is 412 g/mol. The molecule has 2 N–H and O–H groups in total. The second-order valence-corrected chi connectivity index (χ2v) is 8.60. The second-order valence-electron chi connectivity index (χ2n) is 7.81. The maximum absolute atomic E-state index is 11.3. The summed E-state index contributed by atoms with van der Waals surface area (Å²) in [6.45, 7) is 5.23. The van der Waals surface area contributed by atoms with Gasteiger partial charge in [-0.25, -0.2) is 4.79 Å². The fraction of sp³-hybridized carbons (Fsp3) is 0.650. The summed E-state index contributed by atoms with van der Waals surface area (Å²) in [6, 6.07) is 5.85. The first-order valence-electron chi connectivity index (χ1n) is 9.89. The van der Waals surface area contributed by atoms with Gasteiger partial charge in [-0.3, -0.25) is 4.90 Å². The first-order chi connectivity index (χ1) is 13.0. The molecule has 1 heterocycles. The van der Waals surface area contributed by atoms with Crippen molar-refractivity contribution < 1.29 is 4.79 Å². The topological polar surface area (TPSA) is 52.8 Å². The Morgan fingerprint density at radius 2 is 1.81 bits per heavy atom. The van der Waals surface area contributed by atoms with Gasteiger partial charge in [0.15, 0.2) is 0 Å². The first-order valence-corrected chi connectivity index (χ1v) is 10.6. The van der Waals surface area contributed by atoms with Crippen LogP contribution >= 0.6 is 23.2 Å². The molecule has 0 spiro atoms. The third kappa shape index (κ3) is 5.21. The van der Waals surface area contributed by atoms with Crippen LogP contribution in [0.1, 0.15) is 32.1 Å². The lowest BCUT2D eigenvalue weighted by Gasteiger charge is -2.38. The van der Waals surface area contributed by atoms with Crippen molar-refractivity contribution in [3.63, 3.8) is 0 Å². The zero-order chi connectivity index (χ0) is 19.4. The second kappa shape index (κ2) is 9.35. The Kier molecular flexibility index (Phi) is 7.12. The fourth-order valence-electron chi connectivity index (χ4n) is 4.31. The van der Waals surface area contributed by atoms with Crippen LogP contribution in [-0.2, 0) is 0 Å². The Bertz CT molecular complexity index is 641. The normalized spacial score (nSPS) is 24.0. The quantitative estimate of drug-likeness (QED) is 0.792. The average Bonchev–Trinajstić information content (AvgIpc) is 2.69. The summed E-state index contributed by atoms with van der Waals surface area (Å²) in [4.78, 5) is 17.9. The number of rotatable bonds is 5. The average molecular weight is 413 g/mol. The highest BCUT2D eigenvalue weighted by Crippen LogP contribution is 2.33. The number of hydrogen-bond donors (Lipinski definition) is 1. The molecule has 150 valence electrons. The van der Waals surface area contributed by atoms with Crippen molar-refractivity contribution in [2.24, 2.45) is 11.7 Å². The largest absolute Gasteiger partial charge is 0.368 e. The minimum Gasteiger partial charge on any atom is -0.368 e. The maximum Gasteiger partial charge on any atom is 0.314 e. The van der Waals surface area contributed by atoms with Crippen LogP contribution in [0.2, 0.25) is 10.0 Å². The molecule has 0 atom stereocenters. The molecule has 3 rings (SSSR count). The lowest BCUT2D eigenvalue weighted by Crippen LogP contribution is -2.47. The van der Waals surface area contributed by atoms with E-state index in [0.29, 0.717) is 16.1 Å². The standard InChI is InChI=1S/C20H30Cl2N4O/c1-24(20(23)27)16-7-5-15(6-8-16)9-10-25-11-13-26(14-12-25)18-4-2-3-17(21)19(18)22/h2-4,15-16H,5-14H2,1H3,(H2,23,27). The number of halogens is 2. The third-order valence-corrected chi connectivity index (χ3v) is 7.02. The highest BCUT2D eigenvalue weighted by molar-refractivity contribution is 6.43. The summed E-state index contributed by atoms with van der Waals surface area (Å²) in [5.41, 5.74) is 6.43. The number of nitrogens with two attached hydrogens (primary N) is 1. The Hall–Kier alpha value is -1.17. The number of benzene rings is 1. The van der Waals surface area contributed by atoms with E-state index in [2.05, 4.69) is 9.80 Å². The number of piperazine rings is 1. The molecular formula is C20H30Cl2N4O. The van der Waals surface area contributed by atoms with Gasteiger partial charge < -0.3 is 15.5 Å². The van der Waals surface area contributed by atoms with Crippen molar-refractivity contribution in [2.45, 2.75) is 38.1 Å². The van der Waals surface area contributed by atoms with Crippen LogP contribution in [0.5, 0.6) is 0 Å². The van der Waals surface area contributed by atoms with Gasteiger partial charge in [0.25, 0.3) is 0 Å². The first kappa shape index (κ1) is 20.6. The molecule has 0 radical (unpaired) electrons. The Morgan fingerprint density at radius 1 is 1.15 bits per heavy atom. The summed E-state index contributed by atoms with van der Waals surface area (Å²) in [7, 11) is 1.82. The van der Waals surface area contributed by atoms with Gasteiger partial charge in [0.1, 0.15) is 0 Å². The molecule has 1 aliphatic heterocycles. The van der Waals surface area contributed by atoms with E-state index >= 15 is 0 Å². The minimum atomic E-state index is -0.309. The Morgan fingerprint density at radius 3 is 2.44 bits per heavy atom. The molecule has 0 bridgehead atoms. The van der Waals surface area contributed by atoms with Crippen molar-refractivity contribution in [1.82, 2.24) is 9.80 Å². The molecule has 27 heavy (non-hydrogen) atoms. The van der Waals surface area contributed by atoms with E-state index in [1.807, 2.05) is 25.2 Å². The predicted octanol–water partition coefficient (Wildman–Crippen LogP) is 4.07. The van der Waals surface area contributed by atoms with E-state index in [1.54, 1.807) is 4.90 Å². The number of carbonyl (C=O) groups excluding carboxylic acids is 1. The Labute approximate surface area is 172 Å². The molecule has 1 aromatic rings. The number of anilines is 1. The van der Waals surface area contributed by atoms with Crippen molar-refractivity contribution in [1.29, 1.82) is 0 Å². The molecule has 7 heteroatoms. The number of hydrogen-bond acceptors (Lipinski definition) is 3. The van der Waals surface area contributed by atoms with Crippen LogP contribution in [0, 0.1) is 5.92 Å². The molecule has 2 amide bonds. The van der Waals surface area contributed by atoms with E-state index in [4.69, 9.17) is 28.9 Å². The zero-order valence-electron chi connectivity index (χ0n) is 16.0. The van der Waals surface area contributed by atoms with Crippen LogP contribution < -0.4 is 10.6 Å². The zero-order valence-corrected chi connectivity index (χ0v) is 17.6. The molecule has 2 aliphatic rings. The predicted molar refractivity (Wildman–Crippen MR) is 113 cm³/mol. The number of primary amides is 1. The summed E-state index contributed by atoms with van der Waals surface area (Å²) in [5.74, 6) is 0.767. The molecule has 1 saturated heterocycles. The molecule has 1 aromatic carbocycles. The Balaban J connectivity index is 1.39. The van der Waals surface area contributed by atoms with Crippen LogP contribution in [0.15, 0.2) is 18.2 Å². The summed E-state index contributed by atoms with van der Waals surface area (Å²) < 4.78 is 0. The summed E-state index contributed by atoms with van der Waals surface area (Å²) >= 11 is 12.5. The molecule has 5 nitrogen and oxygen atoms in total. The van der Waals surface area contributed by atoms with E-state index < -0.39 is 0 Å². The van der Waals surface area contributed by atoms with Crippen molar-refractivity contribution >= 4 is 34.9 Å². The minimum absolute atomic E-state index is 0.309. The fourth-order valence-corrected chi connectivity index (χ4v) is 4.73. The van der Waals surface area contributed by atoms with Gasteiger partial charge in [-0.1, -0.05) is 29.3 Å². The lowest BCUT2D eigenvalue weighted by atomic mass is 9.83. The summed E-state index contributed by atoms with van der Waals surface area (Å²) in [6.07, 6.45) is 5.78. The number of carbonyl (C=O) groups is 1. The molecule has 1 saturated carbocycles. The number of amides is 2. The smallest absolute Gasteiger partial charge is 0.314 e. The molecule has 2 fully saturated rings. The van der Waals surface area contributed by atoms with E-state index in [-0.39, 0.29) is 6.03 Å². The van der Waals surface area contributed by atoms with Crippen LogP contribution in [-0.4, -0.2) is 61.6 Å². The van der Waals surface area contributed by atoms with Crippen molar-refractivity contribution in [2.75, 3.05) is 44.7 Å². The highest BCUT2D eigenvalue weighted by Gasteiger charge is 2.26. The van der Waals surface area contributed by atoms with Crippen LogP contribution in [0.25, 0.3) is 0 Å². The van der Waals surface area contributed by atoms with E-state index in [0.717, 1.165) is 57.2 Å². The SMILES string of the molecule is CN(C(N)=O)C1CCC(CCN2CCN(c3cccc(Cl)c3Cl)CC2)CC1. The molecule has 1 aliphatic carbocycles. The van der Waals surface area contributed by atoms with Gasteiger partial charge >= 0.3 is 6.03 Å². The third-order valence-electron chi connectivity index (χ3n) is 6.21. The molecule has 0 aromatic heterocycles.